The van der Waals surface area contributed by atoms with Gasteiger partial charge in [-0.1, -0.05) is 42.5 Å². The summed E-state index contributed by atoms with van der Waals surface area (Å²) < 4.78 is 5.64. The van der Waals surface area contributed by atoms with Gasteiger partial charge in [-0.25, -0.2) is 0 Å². The van der Waals surface area contributed by atoms with Crippen molar-refractivity contribution in [2.75, 3.05) is 44.2 Å². The molecule has 3 rings (SSSR count). The topological polar surface area (TPSA) is 53.1 Å². The standard InChI is InChI=1S/C23H29N3O3/c1-3-29-22-12-8-7-11-21(22)26(19(2)27)18-23(28)25-15-13-24(14-16-25)17-20-9-5-4-6-10-20/h4-12H,3,13-18H2,1-2H3. The molecular formula is C23H29N3O3. The van der Waals surface area contributed by atoms with Crippen molar-refractivity contribution in [1.82, 2.24) is 9.80 Å². The molecule has 2 aromatic carbocycles. The first kappa shape index (κ1) is 20.9. The summed E-state index contributed by atoms with van der Waals surface area (Å²) in [5.41, 5.74) is 1.92. The highest BCUT2D eigenvalue weighted by Crippen LogP contribution is 2.28. The van der Waals surface area contributed by atoms with E-state index in [2.05, 4.69) is 17.0 Å². The second kappa shape index (κ2) is 10.1. The van der Waals surface area contributed by atoms with Gasteiger partial charge in [-0.3, -0.25) is 19.4 Å². The third-order valence-corrected chi connectivity index (χ3v) is 5.10. The molecule has 1 fully saturated rings. The molecule has 0 radical (unpaired) electrons. The van der Waals surface area contributed by atoms with Crippen LogP contribution >= 0.6 is 0 Å². The zero-order valence-electron chi connectivity index (χ0n) is 17.2. The Bertz CT molecular complexity index is 817. The van der Waals surface area contributed by atoms with Gasteiger partial charge in [0.2, 0.25) is 11.8 Å². The van der Waals surface area contributed by atoms with Crippen molar-refractivity contribution in [2.45, 2.75) is 20.4 Å². The van der Waals surface area contributed by atoms with Crippen LogP contribution in [0.5, 0.6) is 5.75 Å². The Kier molecular flexibility index (Phi) is 7.25. The van der Waals surface area contributed by atoms with Gasteiger partial charge in [-0.05, 0) is 24.6 Å². The van der Waals surface area contributed by atoms with E-state index in [-0.39, 0.29) is 18.4 Å². The fourth-order valence-electron chi connectivity index (χ4n) is 3.56. The van der Waals surface area contributed by atoms with Crippen LogP contribution in [0.1, 0.15) is 19.4 Å². The van der Waals surface area contributed by atoms with Crippen molar-refractivity contribution in [3.63, 3.8) is 0 Å². The molecule has 29 heavy (non-hydrogen) atoms. The minimum absolute atomic E-state index is 0.0259. The van der Waals surface area contributed by atoms with E-state index in [0.717, 1.165) is 19.6 Å². The normalized spacial score (nSPS) is 14.5. The summed E-state index contributed by atoms with van der Waals surface area (Å²) in [6.45, 7) is 7.80. The van der Waals surface area contributed by atoms with Crippen molar-refractivity contribution in [1.29, 1.82) is 0 Å². The Morgan fingerprint density at radius 2 is 1.62 bits per heavy atom. The number of ether oxygens (including phenoxy) is 1. The van der Waals surface area contributed by atoms with Crippen molar-refractivity contribution >= 4 is 17.5 Å². The zero-order valence-corrected chi connectivity index (χ0v) is 17.2. The maximum Gasteiger partial charge on any atom is 0.242 e. The van der Waals surface area contributed by atoms with E-state index in [9.17, 15) is 9.59 Å². The molecule has 154 valence electrons. The molecule has 1 saturated heterocycles. The molecule has 0 aromatic heterocycles. The predicted octanol–water partition coefficient (Wildman–Crippen LogP) is 2.78. The fourth-order valence-corrected chi connectivity index (χ4v) is 3.56. The molecule has 0 spiro atoms. The second-order valence-corrected chi connectivity index (χ2v) is 7.15. The first-order valence-electron chi connectivity index (χ1n) is 10.1. The molecule has 2 aromatic rings. The SMILES string of the molecule is CCOc1ccccc1N(CC(=O)N1CCN(Cc2ccccc2)CC1)C(C)=O. The largest absolute Gasteiger partial charge is 0.492 e. The summed E-state index contributed by atoms with van der Waals surface area (Å²) in [6, 6.07) is 17.7. The van der Waals surface area contributed by atoms with Crippen LogP contribution in [-0.2, 0) is 16.1 Å². The second-order valence-electron chi connectivity index (χ2n) is 7.15. The van der Waals surface area contributed by atoms with Crippen LogP contribution in [0.3, 0.4) is 0 Å². The molecule has 0 aliphatic carbocycles. The van der Waals surface area contributed by atoms with E-state index >= 15 is 0 Å². The Hall–Kier alpha value is -2.86. The Balaban J connectivity index is 1.59. The molecule has 6 heteroatoms. The van der Waals surface area contributed by atoms with Crippen LogP contribution in [0.15, 0.2) is 54.6 Å². The van der Waals surface area contributed by atoms with Gasteiger partial charge in [0, 0.05) is 39.6 Å². The van der Waals surface area contributed by atoms with Gasteiger partial charge in [0.05, 0.1) is 12.3 Å². The van der Waals surface area contributed by atoms with E-state index in [1.165, 1.54) is 17.4 Å². The lowest BCUT2D eigenvalue weighted by molar-refractivity contribution is -0.132. The molecule has 0 saturated carbocycles. The summed E-state index contributed by atoms with van der Waals surface area (Å²) in [7, 11) is 0. The maximum atomic E-state index is 12.9. The van der Waals surface area contributed by atoms with Crippen molar-refractivity contribution in [3.05, 3.63) is 60.2 Å². The zero-order chi connectivity index (χ0) is 20.6. The van der Waals surface area contributed by atoms with E-state index in [1.807, 2.05) is 54.3 Å². The number of nitrogens with zero attached hydrogens (tertiary/aromatic N) is 3. The first-order chi connectivity index (χ1) is 14.1. The number of carbonyl (C=O) groups excluding carboxylic acids is 2. The number of para-hydroxylation sites is 2. The predicted molar refractivity (Wildman–Crippen MR) is 114 cm³/mol. The highest BCUT2D eigenvalue weighted by atomic mass is 16.5. The molecule has 0 atom stereocenters. The van der Waals surface area contributed by atoms with Crippen LogP contribution in [0.2, 0.25) is 0 Å². The van der Waals surface area contributed by atoms with Gasteiger partial charge in [-0.15, -0.1) is 0 Å². The molecule has 1 heterocycles. The number of rotatable bonds is 7. The number of amides is 2. The summed E-state index contributed by atoms with van der Waals surface area (Å²) in [5.74, 6) is 0.407. The number of hydrogen-bond donors (Lipinski definition) is 0. The molecule has 1 aliphatic rings. The third-order valence-electron chi connectivity index (χ3n) is 5.10. The first-order valence-corrected chi connectivity index (χ1v) is 10.1. The average molecular weight is 396 g/mol. The van der Waals surface area contributed by atoms with E-state index in [0.29, 0.717) is 31.1 Å². The summed E-state index contributed by atoms with van der Waals surface area (Å²) in [6.07, 6.45) is 0. The lowest BCUT2D eigenvalue weighted by Crippen LogP contribution is -2.51. The Morgan fingerprint density at radius 3 is 2.28 bits per heavy atom. The summed E-state index contributed by atoms with van der Waals surface area (Å²) in [5, 5.41) is 0. The quantitative estimate of drug-likeness (QED) is 0.723. The molecule has 2 amide bonds. The average Bonchev–Trinajstić information content (AvgIpc) is 2.74. The van der Waals surface area contributed by atoms with Crippen LogP contribution in [0.4, 0.5) is 5.69 Å². The molecule has 1 aliphatic heterocycles. The van der Waals surface area contributed by atoms with Gasteiger partial charge in [0.1, 0.15) is 12.3 Å². The Morgan fingerprint density at radius 1 is 0.966 bits per heavy atom. The van der Waals surface area contributed by atoms with Gasteiger partial charge in [-0.2, -0.15) is 0 Å². The molecule has 0 bridgehead atoms. The third kappa shape index (κ3) is 5.57. The van der Waals surface area contributed by atoms with Gasteiger partial charge < -0.3 is 9.64 Å². The number of anilines is 1. The number of piperazine rings is 1. The smallest absolute Gasteiger partial charge is 0.242 e. The molecule has 6 nitrogen and oxygen atoms in total. The van der Waals surface area contributed by atoms with Gasteiger partial charge >= 0.3 is 0 Å². The van der Waals surface area contributed by atoms with E-state index < -0.39 is 0 Å². The lowest BCUT2D eigenvalue weighted by Gasteiger charge is -2.36. The minimum atomic E-state index is -0.173. The minimum Gasteiger partial charge on any atom is -0.492 e. The van der Waals surface area contributed by atoms with Crippen molar-refractivity contribution < 1.29 is 14.3 Å². The van der Waals surface area contributed by atoms with E-state index in [1.54, 1.807) is 0 Å². The van der Waals surface area contributed by atoms with Crippen molar-refractivity contribution in [3.8, 4) is 5.75 Å². The lowest BCUT2D eigenvalue weighted by atomic mass is 10.2. The maximum absolute atomic E-state index is 12.9. The van der Waals surface area contributed by atoms with E-state index in [4.69, 9.17) is 4.74 Å². The molecule has 0 unspecified atom stereocenters. The van der Waals surface area contributed by atoms with Gasteiger partial charge in [0.15, 0.2) is 0 Å². The summed E-state index contributed by atoms with van der Waals surface area (Å²) in [4.78, 5) is 30.9. The van der Waals surface area contributed by atoms with Crippen LogP contribution in [0.25, 0.3) is 0 Å². The van der Waals surface area contributed by atoms with Gasteiger partial charge in [0.25, 0.3) is 0 Å². The number of carbonyl (C=O) groups is 2. The monoisotopic (exact) mass is 395 g/mol. The number of hydrogen-bond acceptors (Lipinski definition) is 4. The van der Waals surface area contributed by atoms with Crippen LogP contribution in [0, 0.1) is 0 Å². The van der Waals surface area contributed by atoms with Crippen molar-refractivity contribution in [2.24, 2.45) is 0 Å². The highest BCUT2D eigenvalue weighted by molar-refractivity contribution is 5.98. The van der Waals surface area contributed by atoms with Crippen LogP contribution in [-0.4, -0.2) is 60.9 Å². The molecule has 0 N–H and O–H groups in total. The fraction of sp³-hybridized carbons (Fsp3) is 0.391. The Labute approximate surface area is 172 Å². The van der Waals surface area contributed by atoms with Crippen LogP contribution < -0.4 is 9.64 Å². The molecular weight excluding hydrogens is 366 g/mol. The number of benzene rings is 2. The highest BCUT2D eigenvalue weighted by Gasteiger charge is 2.25. The summed E-state index contributed by atoms with van der Waals surface area (Å²) >= 11 is 0.